The van der Waals surface area contributed by atoms with Gasteiger partial charge in [0.2, 0.25) is 0 Å². The summed E-state index contributed by atoms with van der Waals surface area (Å²) in [6, 6.07) is -0.579. The van der Waals surface area contributed by atoms with E-state index < -0.39 is 18.5 Å². The zero-order valence-corrected chi connectivity index (χ0v) is 5.01. The van der Waals surface area contributed by atoms with Gasteiger partial charge in [-0.2, -0.15) is 0 Å². The van der Waals surface area contributed by atoms with E-state index >= 15 is 0 Å². The fourth-order valence-electron chi connectivity index (χ4n) is 0.608. The lowest BCUT2D eigenvalue weighted by molar-refractivity contribution is -0.115. The van der Waals surface area contributed by atoms with Crippen LogP contribution in [0.1, 0.15) is 0 Å². The summed E-state index contributed by atoms with van der Waals surface area (Å²) in [5.41, 5.74) is 0.0417. The van der Waals surface area contributed by atoms with Crippen LogP contribution in [0.25, 0.3) is 0 Å². The maximum atomic E-state index is 10.6. The minimum Gasteiger partial charge on any atom is -0.303 e. The molecule has 0 atom stereocenters. The second-order valence-corrected chi connectivity index (χ2v) is 1.69. The molecule has 1 aliphatic heterocycles. The third kappa shape index (κ3) is 1.14. The SMILES string of the molecule is [O]C/C=C1/NC(=O)NC1=O. The van der Waals surface area contributed by atoms with Gasteiger partial charge in [-0.15, -0.1) is 0 Å². The standard InChI is InChI=1S/C5H5N2O3/c8-2-1-3-4(9)7-5(10)6-3/h1H,2H2,(H2,6,7,9,10)/b3-1+. The maximum absolute atomic E-state index is 10.6. The van der Waals surface area contributed by atoms with E-state index in [0.717, 1.165) is 6.08 Å². The van der Waals surface area contributed by atoms with E-state index in [4.69, 9.17) is 0 Å². The molecule has 5 nitrogen and oxygen atoms in total. The Kier molecular flexibility index (Phi) is 1.68. The van der Waals surface area contributed by atoms with Crippen LogP contribution in [0.2, 0.25) is 0 Å². The molecule has 1 fully saturated rings. The van der Waals surface area contributed by atoms with Crippen molar-refractivity contribution in [2.75, 3.05) is 6.61 Å². The predicted octanol–water partition coefficient (Wildman–Crippen LogP) is -0.860. The van der Waals surface area contributed by atoms with Crippen LogP contribution in [0, 0.1) is 0 Å². The summed E-state index contributed by atoms with van der Waals surface area (Å²) in [5.74, 6) is -0.541. The van der Waals surface area contributed by atoms with Crippen LogP contribution in [-0.2, 0) is 9.90 Å². The highest BCUT2D eigenvalue weighted by atomic mass is 16.2. The molecule has 3 amide bonds. The number of urea groups is 1. The molecule has 53 valence electrons. The molecular weight excluding hydrogens is 136 g/mol. The van der Waals surface area contributed by atoms with Crippen molar-refractivity contribution in [3.63, 3.8) is 0 Å². The Hall–Kier alpha value is -1.36. The van der Waals surface area contributed by atoms with Gasteiger partial charge >= 0.3 is 6.03 Å². The van der Waals surface area contributed by atoms with Gasteiger partial charge in [-0.1, -0.05) is 0 Å². The van der Waals surface area contributed by atoms with Gasteiger partial charge in [0.15, 0.2) is 0 Å². The number of rotatable bonds is 1. The molecule has 0 aromatic carbocycles. The van der Waals surface area contributed by atoms with Gasteiger partial charge in [-0.3, -0.25) is 10.1 Å². The van der Waals surface area contributed by atoms with Crippen LogP contribution in [0.5, 0.6) is 0 Å². The van der Waals surface area contributed by atoms with E-state index in [0.29, 0.717) is 0 Å². The molecule has 0 aliphatic carbocycles. The third-order valence-corrected chi connectivity index (χ3v) is 1.01. The van der Waals surface area contributed by atoms with Crippen molar-refractivity contribution in [1.82, 2.24) is 10.6 Å². The highest BCUT2D eigenvalue weighted by Gasteiger charge is 2.21. The largest absolute Gasteiger partial charge is 0.326 e. The Morgan fingerprint density at radius 3 is 2.40 bits per heavy atom. The lowest BCUT2D eigenvalue weighted by Crippen LogP contribution is -2.22. The van der Waals surface area contributed by atoms with E-state index in [1.165, 1.54) is 0 Å². The van der Waals surface area contributed by atoms with E-state index in [2.05, 4.69) is 5.32 Å². The molecule has 1 radical (unpaired) electrons. The number of imide groups is 1. The van der Waals surface area contributed by atoms with Crippen molar-refractivity contribution in [2.45, 2.75) is 0 Å². The molecule has 10 heavy (non-hydrogen) atoms. The summed E-state index contributed by atoms with van der Waals surface area (Å²) in [6.45, 7) is -0.511. The lowest BCUT2D eigenvalue weighted by Gasteiger charge is -1.87. The number of carbonyl (C=O) groups excluding carboxylic acids is 2. The molecule has 2 N–H and O–H groups in total. The monoisotopic (exact) mass is 141 g/mol. The Labute approximate surface area is 56.7 Å². The molecule has 0 spiro atoms. The Morgan fingerprint density at radius 1 is 1.30 bits per heavy atom. The summed E-state index contributed by atoms with van der Waals surface area (Å²) in [7, 11) is 0. The average molecular weight is 141 g/mol. The quantitative estimate of drug-likeness (QED) is 0.368. The van der Waals surface area contributed by atoms with E-state index in [9.17, 15) is 14.7 Å². The Morgan fingerprint density at radius 2 is 2.00 bits per heavy atom. The molecule has 0 aromatic rings. The van der Waals surface area contributed by atoms with Crippen LogP contribution in [0.4, 0.5) is 4.79 Å². The number of nitrogens with one attached hydrogen (secondary N) is 2. The van der Waals surface area contributed by atoms with Gasteiger partial charge in [0, 0.05) is 0 Å². The number of amides is 3. The van der Waals surface area contributed by atoms with Crippen molar-refractivity contribution in [3.05, 3.63) is 11.8 Å². The van der Waals surface area contributed by atoms with Crippen LogP contribution >= 0.6 is 0 Å². The summed E-state index contributed by atoms with van der Waals surface area (Å²) in [4.78, 5) is 20.9. The van der Waals surface area contributed by atoms with Crippen molar-refractivity contribution < 1.29 is 14.7 Å². The number of hydrogen-bond donors (Lipinski definition) is 2. The summed E-state index contributed by atoms with van der Waals surface area (Å²) >= 11 is 0. The molecular formula is C5H5N2O3. The Balaban J connectivity index is 2.72. The minimum atomic E-state index is -0.579. The number of carbonyl (C=O) groups is 2. The van der Waals surface area contributed by atoms with Gasteiger partial charge in [-0.05, 0) is 6.08 Å². The van der Waals surface area contributed by atoms with Crippen molar-refractivity contribution in [3.8, 4) is 0 Å². The maximum Gasteiger partial charge on any atom is 0.326 e. The van der Waals surface area contributed by atoms with Crippen molar-refractivity contribution >= 4 is 11.9 Å². The van der Waals surface area contributed by atoms with Crippen LogP contribution in [0.15, 0.2) is 11.8 Å². The van der Waals surface area contributed by atoms with Gasteiger partial charge in [-0.25, -0.2) is 9.90 Å². The van der Waals surface area contributed by atoms with E-state index in [1.54, 1.807) is 0 Å². The minimum absolute atomic E-state index is 0.0417. The van der Waals surface area contributed by atoms with Crippen molar-refractivity contribution in [2.24, 2.45) is 0 Å². The smallest absolute Gasteiger partial charge is 0.303 e. The lowest BCUT2D eigenvalue weighted by atomic mass is 10.4. The summed E-state index contributed by atoms with van der Waals surface area (Å²) < 4.78 is 0. The molecule has 0 aromatic heterocycles. The first-order valence-electron chi connectivity index (χ1n) is 2.64. The van der Waals surface area contributed by atoms with E-state index in [-0.39, 0.29) is 5.70 Å². The fourth-order valence-corrected chi connectivity index (χ4v) is 0.608. The number of hydrogen-bond acceptors (Lipinski definition) is 2. The van der Waals surface area contributed by atoms with Crippen LogP contribution in [-0.4, -0.2) is 18.5 Å². The second-order valence-electron chi connectivity index (χ2n) is 1.69. The molecule has 0 unspecified atom stereocenters. The molecule has 1 heterocycles. The highest BCUT2D eigenvalue weighted by molar-refractivity contribution is 6.11. The molecule has 5 heteroatoms. The molecule has 1 rings (SSSR count). The van der Waals surface area contributed by atoms with E-state index in [1.807, 2.05) is 5.32 Å². The van der Waals surface area contributed by atoms with Gasteiger partial charge < -0.3 is 5.32 Å². The van der Waals surface area contributed by atoms with Gasteiger partial charge in [0.1, 0.15) is 12.3 Å². The first-order chi connectivity index (χ1) is 4.74. The van der Waals surface area contributed by atoms with Crippen LogP contribution in [0.3, 0.4) is 0 Å². The third-order valence-electron chi connectivity index (χ3n) is 1.01. The highest BCUT2D eigenvalue weighted by Crippen LogP contribution is 1.95. The fraction of sp³-hybridized carbons (Fsp3) is 0.200. The molecule has 0 bridgehead atoms. The van der Waals surface area contributed by atoms with Gasteiger partial charge in [0.25, 0.3) is 5.91 Å². The average Bonchev–Trinajstić information content (AvgIpc) is 2.13. The van der Waals surface area contributed by atoms with Crippen molar-refractivity contribution in [1.29, 1.82) is 0 Å². The summed E-state index contributed by atoms with van der Waals surface area (Å²) in [6.07, 6.45) is 1.11. The van der Waals surface area contributed by atoms with Gasteiger partial charge in [0.05, 0.1) is 0 Å². The zero-order chi connectivity index (χ0) is 7.56. The normalized spacial score (nSPS) is 21.1. The Bertz CT molecular complexity index is 209. The molecule has 1 aliphatic rings. The molecule has 1 saturated heterocycles. The molecule has 0 saturated carbocycles. The first-order valence-corrected chi connectivity index (χ1v) is 2.64. The summed E-state index contributed by atoms with van der Waals surface area (Å²) in [5, 5.41) is 14.1. The van der Waals surface area contributed by atoms with Crippen LogP contribution < -0.4 is 10.6 Å². The predicted molar refractivity (Wildman–Crippen MR) is 30.3 cm³/mol. The second kappa shape index (κ2) is 2.49. The first kappa shape index (κ1) is 6.76. The topological polar surface area (TPSA) is 78.1 Å². The zero-order valence-electron chi connectivity index (χ0n) is 5.01.